The number of aliphatic imine (C=N–C) groups is 1. The Labute approximate surface area is 186 Å². The number of guanidine groups is 1. The quantitative estimate of drug-likeness (QED) is 0.429. The molecule has 1 aliphatic heterocycles. The molecular weight excluding hydrogens is 411 g/mol. The summed E-state index contributed by atoms with van der Waals surface area (Å²) in [5.41, 5.74) is 1.54. The number of nitrogens with one attached hydrogen (secondary N) is 2. The van der Waals surface area contributed by atoms with Gasteiger partial charge in [-0.3, -0.25) is 4.98 Å². The van der Waals surface area contributed by atoms with Gasteiger partial charge >= 0.3 is 0 Å². The lowest BCUT2D eigenvalue weighted by Crippen LogP contribution is -2.30. The molecule has 0 spiro atoms. The fourth-order valence-corrected chi connectivity index (χ4v) is 3.12. The zero-order valence-electron chi connectivity index (χ0n) is 17.8. The van der Waals surface area contributed by atoms with Crippen LogP contribution in [0.25, 0.3) is 0 Å². The highest BCUT2D eigenvalue weighted by Crippen LogP contribution is 2.32. The van der Waals surface area contributed by atoms with Crippen LogP contribution in [0.2, 0.25) is 0 Å². The minimum Gasteiger partial charge on any atom is -0.490 e. The lowest BCUT2D eigenvalue weighted by molar-refractivity contribution is 0.297. The molecule has 2 N–H and O–H groups in total. The van der Waals surface area contributed by atoms with E-state index in [1.807, 2.05) is 25.1 Å². The molecule has 2 heterocycles. The molecule has 32 heavy (non-hydrogen) atoms. The topological polar surface area (TPSA) is 77.0 Å². The van der Waals surface area contributed by atoms with Gasteiger partial charge in [0.2, 0.25) is 0 Å². The van der Waals surface area contributed by atoms with E-state index in [1.54, 1.807) is 30.5 Å². The number of anilines is 1. The molecule has 0 fully saturated rings. The van der Waals surface area contributed by atoms with E-state index < -0.39 is 5.82 Å². The predicted octanol–water partition coefficient (Wildman–Crippen LogP) is 4.75. The van der Waals surface area contributed by atoms with Crippen LogP contribution < -0.4 is 24.8 Å². The summed E-state index contributed by atoms with van der Waals surface area (Å²) in [6.45, 7) is 4.23. The van der Waals surface area contributed by atoms with Crippen molar-refractivity contribution < 1.29 is 18.6 Å². The van der Waals surface area contributed by atoms with Gasteiger partial charge in [0.1, 0.15) is 5.75 Å². The van der Waals surface area contributed by atoms with E-state index in [0.717, 1.165) is 23.4 Å². The van der Waals surface area contributed by atoms with Gasteiger partial charge in [-0.05, 0) is 48.9 Å². The fraction of sp³-hybridized carbons (Fsp3) is 0.250. The van der Waals surface area contributed by atoms with E-state index in [2.05, 4.69) is 20.6 Å². The lowest BCUT2D eigenvalue weighted by Gasteiger charge is -2.14. The van der Waals surface area contributed by atoms with Gasteiger partial charge in [-0.1, -0.05) is 6.07 Å². The Bertz CT molecular complexity index is 1080. The highest BCUT2D eigenvalue weighted by molar-refractivity contribution is 5.93. The number of benzene rings is 2. The Morgan fingerprint density at radius 1 is 1.12 bits per heavy atom. The number of aromatic nitrogens is 1. The van der Waals surface area contributed by atoms with E-state index in [4.69, 9.17) is 14.2 Å². The SMILES string of the molecule is CCNC(=NCc1ccc(Oc2cccnc2)c(F)c1)Nc1ccc2c(c1)OCCCO2. The standard InChI is InChI=1S/C24H25FN4O3/c1-2-27-24(29-18-7-9-22-23(14-18)31-12-4-11-30-22)28-15-17-6-8-21(20(25)13-17)32-19-5-3-10-26-16-19/h3,5-10,13-14,16H,2,4,11-12,15H2,1H3,(H2,27,28,29). The summed E-state index contributed by atoms with van der Waals surface area (Å²) < 4.78 is 31.5. The van der Waals surface area contributed by atoms with E-state index >= 15 is 0 Å². The number of hydrogen-bond donors (Lipinski definition) is 2. The average molecular weight is 436 g/mol. The van der Waals surface area contributed by atoms with E-state index in [0.29, 0.717) is 43.8 Å². The van der Waals surface area contributed by atoms with Crippen molar-refractivity contribution in [3.8, 4) is 23.0 Å². The van der Waals surface area contributed by atoms with Gasteiger partial charge in [-0.15, -0.1) is 0 Å². The Morgan fingerprint density at radius 2 is 2.00 bits per heavy atom. The normalized spacial score (nSPS) is 13.2. The summed E-state index contributed by atoms with van der Waals surface area (Å²) in [6, 6.07) is 13.9. The third kappa shape index (κ3) is 5.66. The van der Waals surface area contributed by atoms with Crippen LogP contribution in [0.5, 0.6) is 23.0 Å². The van der Waals surface area contributed by atoms with Crippen LogP contribution in [0.3, 0.4) is 0 Å². The minimum absolute atomic E-state index is 0.142. The first-order chi connectivity index (χ1) is 15.7. The largest absolute Gasteiger partial charge is 0.490 e. The average Bonchev–Trinajstić information content (AvgIpc) is 3.05. The van der Waals surface area contributed by atoms with Crippen molar-refractivity contribution in [2.75, 3.05) is 25.1 Å². The van der Waals surface area contributed by atoms with Gasteiger partial charge in [0, 0.05) is 30.9 Å². The molecule has 0 bridgehead atoms. The molecule has 1 aromatic heterocycles. The summed E-state index contributed by atoms with van der Waals surface area (Å²) in [6.07, 6.45) is 4.02. The van der Waals surface area contributed by atoms with Crippen molar-refractivity contribution in [2.45, 2.75) is 19.9 Å². The van der Waals surface area contributed by atoms with Crippen molar-refractivity contribution in [2.24, 2.45) is 4.99 Å². The van der Waals surface area contributed by atoms with Crippen LogP contribution in [-0.2, 0) is 6.54 Å². The maximum atomic E-state index is 14.5. The van der Waals surface area contributed by atoms with Crippen molar-refractivity contribution in [1.82, 2.24) is 10.3 Å². The summed E-state index contributed by atoms with van der Waals surface area (Å²) in [7, 11) is 0. The second-order valence-corrected chi connectivity index (χ2v) is 7.09. The van der Waals surface area contributed by atoms with E-state index in [-0.39, 0.29) is 5.75 Å². The molecule has 3 aromatic rings. The van der Waals surface area contributed by atoms with Gasteiger partial charge in [-0.25, -0.2) is 9.38 Å². The molecule has 7 nitrogen and oxygen atoms in total. The number of hydrogen-bond acceptors (Lipinski definition) is 5. The second-order valence-electron chi connectivity index (χ2n) is 7.09. The van der Waals surface area contributed by atoms with E-state index in [9.17, 15) is 4.39 Å². The number of rotatable bonds is 6. The zero-order chi connectivity index (χ0) is 22.2. The summed E-state index contributed by atoms with van der Waals surface area (Å²) >= 11 is 0. The fourth-order valence-electron chi connectivity index (χ4n) is 3.12. The number of fused-ring (bicyclic) bond motifs is 1. The van der Waals surface area contributed by atoms with Crippen LogP contribution in [0, 0.1) is 5.82 Å². The molecule has 0 amide bonds. The molecule has 0 saturated carbocycles. The Morgan fingerprint density at radius 3 is 2.78 bits per heavy atom. The summed E-state index contributed by atoms with van der Waals surface area (Å²) in [5, 5.41) is 6.45. The predicted molar refractivity (Wildman–Crippen MR) is 121 cm³/mol. The van der Waals surface area contributed by atoms with Crippen molar-refractivity contribution >= 4 is 11.6 Å². The molecule has 0 saturated heterocycles. The molecular formula is C24H25FN4O3. The van der Waals surface area contributed by atoms with Crippen LogP contribution in [0.4, 0.5) is 10.1 Å². The Kier molecular flexibility index (Phi) is 7.01. The van der Waals surface area contributed by atoms with Crippen LogP contribution >= 0.6 is 0 Å². The maximum Gasteiger partial charge on any atom is 0.196 e. The number of pyridine rings is 1. The summed E-state index contributed by atoms with van der Waals surface area (Å²) in [4.78, 5) is 8.53. The number of halogens is 1. The third-order valence-corrected chi connectivity index (χ3v) is 4.63. The molecule has 0 atom stereocenters. The summed E-state index contributed by atoms with van der Waals surface area (Å²) in [5.74, 6) is 2.18. The van der Waals surface area contributed by atoms with Gasteiger partial charge in [0.05, 0.1) is 26.0 Å². The smallest absolute Gasteiger partial charge is 0.196 e. The zero-order valence-corrected chi connectivity index (χ0v) is 17.8. The van der Waals surface area contributed by atoms with Crippen molar-refractivity contribution in [3.05, 3.63) is 72.3 Å². The molecule has 0 radical (unpaired) electrons. The molecule has 166 valence electrons. The van der Waals surface area contributed by atoms with Gasteiger partial charge in [0.25, 0.3) is 0 Å². The first-order valence-electron chi connectivity index (χ1n) is 10.5. The van der Waals surface area contributed by atoms with Crippen molar-refractivity contribution in [3.63, 3.8) is 0 Å². The van der Waals surface area contributed by atoms with Gasteiger partial charge < -0.3 is 24.8 Å². The van der Waals surface area contributed by atoms with E-state index in [1.165, 1.54) is 12.3 Å². The maximum absolute atomic E-state index is 14.5. The molecule has 4 rings (SSSR count). The van der Waals surface area contributed by atoms with Gasteiger partial charge in [0.15, 0.2) is 29.0 Å². The Hall–Kier alpha value is -3.81. The molecule has 1 aliphatic rings. The molecule has 2 aromatic carbocycles. The van der Waals surface area contributed by atoms with Crippen molar-refractivity contribution in [1.29, 1.82) is 0 Å². The van der Waals surface area contributed by atoms with Gasteiger partial charge in [-0.2, -0.15) is 0 Å². The first kappa shape index (κ1) is 21.4. The lowest BCUT2D eigenvalue weighted by atomic mass is 10.2. The Balaban J connectivity index is 1.44. The van der Waals surface area contributed by atoms with Crippen LogP contribution in [-0.4, -0.2) is 30.7 Å². The highest BCUT2D eigenvalue weighted by Gasteiger charge is 2.12. The first-order valence-corrected chi connectivity index (χ1v) is 10.5. The second kappa shape index (κ2) is 10.5. The van der Waals surface area contributed by atoms with Crippen LogP contribution in [0.1, 0.15) is 18.9 Å². The highest BCUT2D eigenvalue weighted by atomic mass is 19.1. The number of nitrogens with zero attached hydrogens (tertiary/aromatic N) is 2. The molecule has 0 unspecified atom stereocenters. The monoisotopic (exact) mass is 436 g/mol. The van der Waals surface area contributed by atoms with Crippen LogP contribution in [0.15, 0.2) is 65.9 Å². The molecule has 8 heteroatoms. The molecule has 0 aliphatic carbocycles. The third-order valence-electron chi connectivity index (χ3n) is 4.63. The minimum atomic E-state index is -0.456. The number of ether oxygens (including phenoxy) is 3.